The molecule has 0 radical (unpaired) electrons. The fraction of sp³-hybridized carbons (Fsp3) is 0.933. The van der Waals surface area contributed by atoms with Gasteiger partial charge >= 0.3 is 0 Å². The Hall–Kier alpha value is -0.610. The van der Waals surface area contributed by atoms with E-state index in [9.17, 15) is 4.79 Å². The molecule has 1 aliphatic heterocycles. The van der Waals surface area contributed by atoms with E-state index in [2.05, 4.69) is 16.7 Å². The maximum Gasteiger partial charge on any atom is 0.222 e. The number of hydrogen-bond acceptors (Lipinski definition) is 3. The third kappa shape index (κ3) is 5.11. The number of piperazine rings is 1. The number of nitrogens with zero attached hydrogens (tertiary/aromatic N) is 2. The van der Waals surface area contributed by atoms with Crippen LogP contribution in [0.2, 0.25) is 0 Å². The van der Waals surface area contributed by atoms with Crippen LogP contribution in [-0.2, 0) is 4.79 Å². The highest BCUT2D eigenvalue weighted by molar-refractivity contribution is 5.76. The Labute approximate surface area is 117 Å². The van der Waals surface area contributed by atoms with Crippen LogP contribution < -0.4 is 5.73 Å². The van der Waals surface area contributed by atoms with E-state index < -0.39 is 0 Å². The van der Waals surface area contributed by atoms with Crippen molar-refractivity contribution in [3.8, 4) is 0 Å². The fourth-order valence-corrected chi connectivity index (χ4v) is 2.80. The molecule has 2 rings (SSSR count). The molecule has 2 fully saturated rings. The lowest BCUT2D eigenvalue weighted by molar-refractivity contribution is -0.133. The zero-order valence-corrected chi connectivity index (χ0v) is 12.3. The third-order valence-corrected chi connectivity index (χ3v) is 4.45. The van der Waals surface area contributed by atoms with Gasteiger partial charge in [0.1, 0.15) is 0 Å². The van der Waals surface area contributed by atoms with Crippen molar-refractivity contribution in [1.29, 1.82) is 0 Å². The Balaban J connectivity index is 1.61. The molecule has 1 heterocycles. The Kier molecular flexibility index (Phi) is 5.64. The smallest absolute Gasteiger partial charge is 0.222 e. The maximum atomic E-state index is 12.1. The average molecular weight is 267 g/mol. The third-order valence-electron chi connectivity index (χ3n) is 4.45. The minimum absolute atomic E-state index is 0.343. The number of nitrogens with two attached hydrogens (primary N) is 1. The van der Waals surface area contributed by atoms with E-state index in [4.69, 9.17) is 5.73 Å². The molecular weight excluding hydrogens is 238 g/mol. The number of carbonyl (C=O) groups is 1. The Morgan fingerprint density at radius 2 is 1.89 bits per heavy atom. The maximum absolute atomic E-state index is 12.1. The van der Waals surface area contributed by atoms with Crippen LogP contribution in [0.25, 0.3) is 0 Å². The molecule has 110 valence electrons. The lowest BCUT2D eigenvalue weighted by atomic mass is 10.0. The standard InChI is InChI=1S/C15H29N3O/c1-13(6-7-16)2-5-15(19)18-10-8-17(9-11-18)12-14-3-4-14/h13-14H,2-12,16H2,1H3. The van der Waals surface area contributed by atoms with Gasteiger partial charge in [0.05, 0.1) is 0 Å². The second-order valence-electron chi connectivity index (χ2n) is 6.35. The largest absolute Gasteiger partial charge is 0.340 e. The summed E-state index contributed by atoms with van der Waals surface area (Å²) in [5.74, 6) is 1.87. The minimum atomic E-state index is 0.343. The van der Waals surface area contributed by atoms with Crippen molar-refractivity contribution in [3.05, 3.63) is 0 Å². The van der Waals surface area contributed by atoms with Crippen LogP contribution in [0.15, 0.2) is 0 Å². The van der Waals surface area contributed by atoms with Crippen molar-refractivity contribution in [2.75, 3.05) is 39.3 Å². The molecule has 0 aromatic rings. The van der Waals surface area contributed by atoms with Crippen molar-refractivity contribution in [1.82, 2.24) is 9.80 Å². The molecule has 1 aliphatic carbocycles. The molecular formula is C15H29N3O. The molecule has 1 saturated heterocycles. The fourth-order valence-electron chi connectivity index (χ4n) is 2.80. The van der Waals surface area contributed by atoms with E-state index in [0.717, 1.165) is 51.5 Å². The summed E-state index contributed by atoms with van der Waals surface area (Å²) < 4.78 is 0. The monoisotopic (exact) mass is 267 g/mol. The van der Waals surface area contributed by atoms with Crippen LogP contribution in [0.4, 0.5) is 0 Å². The first-order valence-electron chi connectivity index (χ1n) is 7.89. The molecule has 4 heteroatoms. The normalized spacial score (nSPS) is 22.5. The minimum Gasteiger partial charge on any atom is -0.340 e. The van der Waals surface area contributed by atoms with Crippen LogP contribution in [0, 0.1) is 11.8 Å². The molecule has 19 heavy (non-hydrogen) atoms. The predicted octanol–water partition coefficient (Wildman–Crippen LogP) is 1.31. The van der Waals surface area contributed by atoms with Gasteiger partial charge in [-0.25, -0.2) is 0 Å². The van der Waals surface area contributed by atoms with Crippen molar-refractivity contribution in [3.63, 3.8) is 0 Å². The summed E-state index contributed by atoms with van der Waals surface area (Å²) >= 11 is 0. The van der Waals surface area contributed by atoms with Gasteiger partial charge in [0, 0.05) is 39.1 Å². The zero-order valence-electron chi connectivity index (χ0n) is 12.3. The molecule has 0 bridgehead atoms. The van der Waals surface area contributed by atoms with Crippen LogP contribution in [0.3, 0.4) is 0 Å². The molecule has 1 saturated carbocycles. The lowest BCUT2D eigenvalue weighted by Crippen LogP contribution is -2.49. The van der Waals surface area contributed by atoms with Gasteiger partial charge in [0.15, 0.2) is 0 Å². The number of carbonyl (C=O) groups excluding carboxylic acids is 1. The van der Waals surface area contributed by atoms with Gasteiger partial charge in [-0.05, 0) is 44.1 Å². The highest BCUT2D eigenvalue weighted by atomic mass is 16.2. The first kappa shape index (κ1) is 14.8. The average Bonchev–Trinajstić information content (AvgIpc) is 3.21. The Morgan fingerprint density at radius 3 is 2.47 bits per heavy atom. The van der Waals surface area contributed by atoms with E-state index >= 15 is 0 Å². The Morgan fingerprint density at radius 1 is 1.21 bits per heavy atom. The summed E-state index contributed by atoms with van der Waals surface area (Å²) in [6, 6.07) is 0. The summed E-state index contributed by atoms with van der Waals surface area (Å²) in [6.45, 7) is 8.17. The van der Waals surface area contributed by atoms with Gasteiger partial charge in [0.2, 0.25) is 5.91 Å². The first-order chi connectivity index (χ1) is 9.19. The molecule has 4 nitrogen and oxygen atoms in total. The molecule has 2 N–H and O–H groups in total. The molecule has 1 atom stereocenters. The van der Waals surface area contributed by atoms with Crippen molar-refractivity contribution < 1.29 is 4.79 Å². The number of rotatable bonds is 7. The second kappa shape index (κ2) is 7.25. The summed E-state index contributed by atoms with van der Waals surface area (Å²) in [4.78, 5) is 16.7. The van der Waals surface area contributed by atoms with Crippen molar-refractivity contribution in [2.45, 2.75) is 39.0 Å². The SMILES string of the molecule is CC(CCN)CCC(=O)N1CCN(CC2CC2)CC1. The summed E-state index contributed by atoms with van der Waals surface area (Å²) in [5.41, 5.74) is 5.54. The van der Waals surface area contributed by atoms with Gasteiger partial charge in [0.25, 0.3) is 0 Å². The highest BCUT2D eigenvalue weighted by Crippen LogP contribution is 2.29. The van der Waals surface area contributed by atoms with E-state index in [-0.39, 0.29) is 0 Å². The van der Waals surface area contributed by atoms with Crippen LogP contribution in [0.5, 0.6) is 0 Å². The van der Waals surface area contributed by atoms with Crippen molar-refractivity contribution >= 4 is 5.91 Å². The molecule has 0 aromatic heterocycles. The quantitative estimate of drug-likeness (QED) is 0.756. The highest BCUT2D eigenvalue weighted by Gasteiger charge is 2.27. The zero-order chi connectivity index (χ0) is 13.7. The number of amides is 1. The topological polar surface area (TPSA) is 49.6 Å². The van der Waals surface area contributed by atoms with Gasteiger partial charge in [-0.1, -0.05) is 6.92 Å². The van der Waals surface area contributed by atoms with Gasteiger partial charge in [-0.2, -0.15) is 0 Å². The van der Waals surface area contributed by atoms with Crippen LogP contribution in [-0.4, -0.2) is 55.0 Å². The van der Waals surface area contributed by atoms with Crippen molar-refractivity contribution in [2.24, 2.45) is 17.6 Å². The lowest BCUT2D eigenvalue weighted by Gasteiger charge is -2.35. The van der Waals surface area contributed by atoms with E-state index in [0.29, 0.717) is 18.2 Å². The molecule has 1 amide bonds. The molecule has 0 spiro atoms. The summed E-state index contributed by atoms with van der Waals surface area (Å²) in [5, 5.41) is 0. The van der Waals surface area contributed by atoms with E-state index in [1.54, 1.807) is 0 Å². The Bertz CT molecular complexity index is 283. The van der Waals surface area contributed by atoms with E-state index in [1.807, 2.05) is 0 Å². The van der Waals surface area contributed by atoms with Gasteiger partial charge in [-0.3, -0.25) is 9.69 Å². The first-order valence-corrected chi connectivity index (χ1v) is 7.89. The van der Waals surface area contributed by atoms with E-state index in [1.165, 1.54) is 19.4 Å². The van der Waals surface area contributed by atoms with Gasteiger partial charge < -0.3 is 10.6 Å². The van der Waals surface area contributed by atoms with Gasteiger partial charge in [-0.15, -0.1) is 0 Å². The second-order valence-corrected chi connectivity index (χ2v) is 6.35. The number of hydrogen-bond donors (Lipinski definition) is 1. The summed E-state index contributed by atoms with van der Waals surface area (Å²) in [6.07, 6.45) is 5.54. The molecule has 2 aliphatic rings. The van der Waals surface area contributed by atoms with Crippen LogP contribution in [0.1, 0.15) is 39.0 Å². The predicted molar refractivity (Wildman–Crippen MR) is 77.8 cm³/mol. The molecule has 0 aromatic carbocycles. The molecule has 1 unspecified atom stereocenters. The summed E-state index contributed by atoms with van der Waals surface area (Å²) in [7, 11) is 0. The van der Waals surface area contributed by atoms with Crippen LogP contribution >= 0.6 is 0 Å².